The second-order valence-electron chi connectivity index (χ2n) is 4.08. The van der Waals surface area contributed by atoms with Crippen LogP contribution >= 0.6 is 0 Å². The summed E-state index contributed by atoms with van der Waals surface area (Å²) in [6.45, 7) is 2.10. The number of hydrogen-bond acceptors (Lipinski definition) is 3. The maximum Gasteiger partial charge on any atom is 0.322 e. The Labute approximate surface area is 108 Å². The van der Waals surface area contributed by atoms with Gasteiger partial charge in [0.05, 0.1) is 7.11 Å². The second-order valence-corrected chi connectivity index (χ2v) is 4.08. The summed E-state index contributed by atoms with van der Waals surface area (Å²) in [7, 11) is 1.34. The molecule has 3 heteroatoms. The van der Waals surface area contributed by atoms with E-state index in [9.17, 15) is 4.79 Å². The van der Waals surface area contributed by atoms with Crippen molar-refractivity contribution in [3.05, 3.63) is 35.4 Å². The fourth-order valence-corrected chi connectivity index (χ4v) is 1.50. The molecule has 0 aromatic heterocycles. The Hall–Kier alpha value is -1.79. The first-order chi connectivity index (χ1) is 8.67. The first-order valence-electron chi connectivity index (χ1n) is 6.08. The Balaban J connectivity index is 2.61. The lowest BCUT2D eigenvalue weighted by molar-refractivity contribution is -0.142. The van der Waals surface area contributed by atoms with Gasteiger partial charge in [-0.25, -0.2) is 0 Å². The smallest absolute Gasteiger partial charge is 0.322 e. The van der Waals surface area contributed by atoms with E-state index < -0.39 is 6.04 Å². The van der Waals surface area contributed by atoms with E-state index in [0.717, 1.165) is 24.0 Å². The Morgan fingerprint density at radius 2 is 2.06 bits per heavy atom. The van der Waals surface area contributed by atoms with Crippen molar-refractivity contribution in [2.45, 2.75) is 32.2 Å². The van der Waals surface area contributed by atoms with Crippen molar-refractivity contribution in [3.8, 4) is 11.8 Å². The number of carbonyl (C=O) groups is 1. The average Bonchev–Trinajstić information content (AvgIpc) is 2.40. The summed E-state index contributed by atoms with van der Waals surface area (Å²) in [6.07, 6.45) is 2.46. The van der Waals surface area contributed by atoms with E-state index in [1.165, 1.54) is 7.11 Å². The SMILES string of the molecule is CCCC#Cc1ccc(CC(N)C(=O)OC)cc1. The summed E-state index contributed by atoms with van der Waals surface area (Å²) in [5, 5.41) is 0. The van der Waals surface area contributed by atoms with Gasteiger partial charge in [-0.2, -0.15) is 0 Å². The number of methoxy groups -OCH3 is 1. The number of ether oxygens (including phenoxy) is 1. The standard InChI is InChI=1S/C15H19NO2/c1-3-4-5-6-12-7-9-13(10-8-12)11-14(16)15(17)18-2/h7-10,14H,3-4,11,16H2,1-2H3. The van der Waals surface area contributed by atoms with Crippen LogP contribution in [0.3, 0.4) is 0 Å². The van der Waals surface area contributed by atoms with Crippen molar-refractivity contribution < 1.29 is 9.53 Å². The van der Waals surface area contributed by atoms with Crippen LogP contribution in [0.4, 0.5) is 0 Å². The normalized spacial score (nSPS) is 11.3. The van der Waals surface area contributed by atoms with Gasteiger partial charge >= 0.3 is 5.97 Å². The molecule has 0 spiro atoms. The monoisotopic (exact) mass is 245 g/mol. The van der Waals surface area contributed by atoms with E-state index in [2.05, 4.69) is 23.5 Å². The maximum absolute atomic E-state index is 11.2. The molecule has 0 saturated heterocycles. The van der Waals surface area contributed by atoms with Gasteiger partial charge in [0.2, 0.25) is 0 Å². The predicted octanol–water partition coefficient (Wildman–Crippen LogP) is 1.88. The topological polar surface area (TPSA) is 52.3 Å². The van der Waals surface area contributed by atoms with Gasteiger partial charge in [0, 0.05) is 12.0 Å². The van der Waals surface area contributed by atoms with Crippen LogP contribution in [0.5, 0.6) is 0 Å². The van der Waals surface area contributed by atoms with E-state index in [1.807, 2.05) is 24.3 Å². The highest BCUT2D eigenvalue weighted by molar-refractivity contribution is 5.75. The van der Waals surface area contributed by atoms with Gasteiger partial charge in [-0.3, -0.25) is 4.79 Å². The van der Waals surface area contributed by atoms with E-state index in [4.69, 9.17) is 5.73 Å². The van der Waals surface area contributed by atoms with Crippen LogP contribution in [0.1, 0.15) is 30.9 Å². The van der Waals surface area contributed by atoms with Crippen LogP contribution in [-0.4, -0.2) is 19.1 Å². The fraction of sp³-hybridized carbons (Fsp3) is 0.400. The zero-order chi connectivity index (χ0) is 13.4. The number of rotatable bonds is 4. The summed E-state index contributed by atoms with van der Waals surface area (Å²) >= 11 is 0. The van der Waals surface area contributed by atoms with Crippen molar-refractivity contribution >= 4 is 5.97 Å². The Kier molecular flexibility index (Phi) is 5.96. The maximum atomic E-state index is 11.2. The summed E-state index contributed by atoms with van der Waals surface area (Å²) in [5.74, 6) is 5.79. The molecule has 1 aromatic rings. The van der Waals surface area contributed by atoms with Crippen LogP contribution in [0, 0.1) is 11.8 Å². The molecular formula is C15H19NO2. The van der Waals surface area contributed by atoms with Gasteiger partial charge in [-0.15, -0.1) is 0 Å². The first-order valence-corrected chi connectivity index (χ1v) is 6.08. The lowest BCUT2D eigenvalue weighted by Crippen LogP contribution is -2.33. The largest absolute Gasteiger partial charge is 0.468 e. The van der Waals surface area contributed by atoms with E-state index in [0.29, 0.717) is 6.42 Å². The Morgan fingerprint density at radius 3 is 2.61 bits per heavy atom. The van der Waals surface area contributed by atoms with Crippen molar-refractivity contribution in [1.82, 2.24) is 0 Å². The molecule has 96 valence electrons. The van der Waals surface area contributed by atoms with Gasteiger partial charge in [0.1, 0.15) is 6.04 Å². The van der Waals surface area contributed by atoms with Crippen LogP contribution in [0.15, 0.2) is 24.3 Å². The third-order valence-corrected chi connectivity index (χ3v) is 2.52. The lowest BCUT2D eigenvalue weighted by atomic mass is 10.0. The molecule has 0 aliphatic carbocycles. The minimum absolute atomic E-state index is 0.387. The van der Waals surface area contributed by atoms with Gasteiger partial charge in [0.25, 0.3) is 0 Å². The van der Waals surface area contributed by atoms with E-state index >= 15 is 0 Å². The number of carbonyl (C=O) groups excluding carboxylic acids is 1. The van der Waals surface area contributed by atoms with Crippen LogP contribution in [-0.2, 0) is 16.0 Å². The van der Waals surface area contributed by atoms with Crippen molar-refractivity contribution in [3.63, 3.8) is 0 Å². The van der Waals surface area contributed by atoms with Crippen LogP contribution in [0.2, 0.25) is 0 Å². The molecule has 0 aliphatic rings. The molecule has 0 aliphatic heterocycles. The number of benzene rings is 1. The van der Waals surface area contributed by atoms with Crippen LogP contribution < -0.4 is 5.73 Å². The van der Waals surface area contributed by atoms with Crippen molar-refractivity contribution in [2.24, 2.45) is 5.73 Å². The number of nitrogens with two attached hydrogens (primary N) is 1. The van der Waals surface area contributed by atoms with Gasteiger partial charge < -0.3 is 10.5 Å². The van der Waals surface area contributed by atoms with Gasteiger partial charge in [-0.1, -0.05) is 30.9 Å². The molecule has 0 heterocycles. The van der Waals surface area contributed by atoms with Crippen molar-refractivity contribution in [1.29, 1.82) is 0 Å². The molecule has 0 amide bonds. The average molecular weight is 245 g/mol. The Morgan fingerprint density at radius 1 is 1.39 bits per heavy atom. The molecule has 1 atom stereocenters. The van der Waals surface area contributed by atoms with Crippen molar-refractivity contribution in [2.75, 3.05) is 7.11 Å². The first kappa shape index (κ1) is 14.3. The van der Waals surface area contributed by atoms with E-state index in [-0.39, 0.29) is 5.97 Å². The zero-order valence-corrected chi connectivity index (χ0v) is 10.9. The molecule has 0 radical (unpaired) electrons. The zero-order valence-electron chi connectivity index (χ0n) is 10.9. The van der Waals surface area contributed by atoms with Gasteiger partial charge in [0.15, 0.2) is 0 Å². The highest BCUT2D eigenvalue weighted by atomic mass is 16.5. The van der Waals surface area contributed by atoms with Crippen LogP contribution in [0.25, 0.3) is 0 Å². The fourth-order valence-electron chi connectivity index (χ4n) is 1.50. The molecule has 18 heavy (non-hydrogen) atoms. The third-order valence-electron chi connectivity index (χ3n) is 2.52. The molecule has 0 fully saturated rings. The number of hydrogen-bond donors (Lipinski definition) is 1. The Bertz CT molecular complexity index is 440. The minimum Gasteiger partial charge on any atom is -0.468 e. The third kappa shape index (κ3) is 4.60. The highest BCUT2D eigenvalue weighted by Crippen LogP contribution is 2.06. The minimum atomic E-state index is -0.605. The highest BCUT2D eigenvalue weighted by Gasteiger charge is 2.13. The van der Waals surface area contributed by atoms with Gasteiger partial charge in [-0.05, 0) is 30.5 Å². The molecular weight excluding hydrogens is 226 g/mol. The quantitative estimate of drug-likeness (QED) is 0.651. The summed E-state index contributed by atoms with van der Waals surface area (Å²) in [4.78, 5) is 11.2. The summed E-state index contributed by atoms with van der Waals surface area (Å²) in [5.41, 5.74) is 7.69. The molecule has 2 N–H and O–H groups in total. The predicted molar refractivity (Wildman–Crippen MR) is 71.9 cm³/mol. The molecule has 1 unspecified atom stereocenters. The number of unbranched alkanes of at least 4 members (excludes halogenated alkanes) is 1. The second kappa shape index (κ2) is 7.52. The molecule has 1 rings (SSSR count). The molecule has 0 saturated carbocycles. The van der Waals surface area contributed by atoms with E-state index in [1.54, 1.807) is 0 Å². The molecule has 0 bridgehead atoms. The molecule has 1 aromatic carbocycles. The summed E-state index contributed by atoms with van der Waals surface area (Å²) in [6, 6.07) is 7.17. The lowest BCUT2D eigenvalue weighted by Gasteiger charge is -2.08. The number of esters is 1. The summed E-state index contributed by atoms with van der Waals surface area (Å²) < 4.78 is 4.59. The molecule has 3 nitrogen and oxygen atoms in total.